The molecular weight excluding hydrogens is 352 g/mol. The minimum atomic E-state index is -1.20. The van der Waals surface area contributed by atoms with Crippen molar-refractivity contribution in [2.45, 2.75) is 46.8 Å². The molecule has 1 aliphatic carbocycles. The minimum absolute atomic E-state index is 0.0319. The second-order valence-corrected chi connectivity index (χ2v) is 6.77. The SMILES string of the molecule is CC=C(C)C(=O)OC1C=C(CO)C(=O)C(OC(=O)C(C)=CCO)C1C(C)C. The van der Waals surface area contributed by atoms with Crippen LogP contribution in [0, 0.1) is 11.8 Å². The van der Waals surface area contributed by atoms with Crippen LogP contribution in [0.1, 0.15) is 34.6 Å². The number of esters is 2. The predicted molar refractivity (Wildman–Crippen MR) is 98.5 cm³/mol. The van der Waals surface area contributed by atoms with Crippen molar-refractivity contribution in [2.75, 3.05) is 13.2 Å². The van der Waals surface area contributed by atoms with E-state index in [0.717, 1.165) is 0 Å². The Balaban J connectivity index is 3.26. The fourth-order valence-electron chi connectivity index (χ4n) is 2.79. The molecule has 1 aliphatic rings. The van der Waals surface area contributed by atoms with Crippen LogP contribution in [-0.4, -0.2) is 53.4 Å². The Kier molecular flexibility index (Phi) is 8.59. The molecule has 3 unspecified atom stereocenters. The molecule has 0 heterocycles. The van der Waals surface area contributed by atoms with Crippen LogP contribution in [0.15, 0.2) is 34.9 Å². The predicted octanol–water partition coefficient (Wildman–Crippen LogP) is 1.49. The van der Waals surface area contributed by atoms with E-state index in [9.17, 15) is 19.5 Å². The van der Waals surface area contributed by atoms with E-state index in [1.165, 1.54) is 19.1 Å². The highest BCUT2D eigenvalue weighted by Crippen LogP contribution is 2.33. The zero-order valence-electron chi connectivity index (χ0n) is 16.4. The van der Waals surface area contributed by atoms with E-state index in [1.807, 2.05) is 13.8 Å². The molecule has 1 rings (SSSR count). The Bertz CT molecular complexity index is 670. The summed E-state index contributed by atoms with van der Waals surface area (Å²) >= 11 is 0. The molecule has 0 bridgehead atoms. The summed E-state index contributed by atoms with van der Waals surface area (Å²) in [5.41, 5.74) is 0.597. The van der Waals surface area contributed by atoms with Gasteiger partial charge in [-0.05, 0) is 38.8 Å². The van der Waals surface area contributed by atoms with E-state index in [4.69, 9.17) is 14.6 Å². The van der Waals surface area contributed by atoms with Crippen LogP contribution in [0.25, 0.3) is 0 Å². The minimum Gasteiger partial charge on any atom is -0.454 e. The van der Waals surface area contributed by atoms with Gasteiger partial charge in [-0.25, -0.2) is 9.59 Å². The third kappa shape index (κ3) is 5.61. The molecule has 0 fully saturated rings. The highest BCUT2D eigenvalue weighted by Gasteiger charge is 2.45. The van der Waals surface area contributed by atoms with Gasteiger partial charge in [-0.2, -0.15) is 0 Å². The molecule has 7 nitrogen and oxygen atoms in total. The van der Waals surface area contributed by atoms with Gasteiger partial charge in [-0.15, -0.1) is 0 Å². The largest absolute Gasteiger partial charge is 0.454 e. The molecule has 0 radical (unpaired) electrons. The lowest BCUT2D eigenvalue weighted by atomic mass is 9.77. The van der Waals surface area contributed by atoms with Crippen LogP contribution in [0.5, 0.6) is 0 Å². The lowest BCUT2D eigenvalue weighted by Crippen LogP contribution is -2.49. The average Bonchev–Trinajstić information content (AvgIpc) is 2.62. The summed E-state index contributed by atoms with van der Waals surface area (Å²) in [5.74, 6) is -2.57. The number of carbonyl (C=O) groups is 3. The first-order chi connectivity index (χ1) is 12.7. The number of aliphatic hydroxyl groups is 2. The summed E-state index contributed by atoms with van der Waals surface area (Å²) in [6, 6.07) is 0. The standard InChI is InChI=1S/C20H28O7/c1-6-12(4)19(24)26-15-9-14(10-22)17(23)18(16(15)11(2)3)27-20(25)13(5)7-8-21/h6-7,9,11,15-16,18,21-22H,8,10H2,1-5H3. The van der Waals surface area contributed by atoms with Gasteiger partial charge in [-0.1, -0.05) is 19.9 Å². The van der Waals surface area contributed by atoms with E-state index in [0.29, 0.717) is 5.57 Å². The van der Waals surface area contributed by atoms with Gasteiger partial charge in [0.05, 0.1) is 13.2 Å². The average molecular weight is 380 g/mol. The van der Waals surface area contributed by atoms with Crippen LogP contribution in [0.2, 0.25) is 0 Å². The Labute approximate surface area is 159 Å². The molecule has 150 valence electrons. The zero-order chi connectivity index (χ0) is 20.7. The number of hydrogen-bond acceptors (Lipinski definition) is 7. The number of aliphatic hydroxyl groups excluding tert-OH is 2. The van der Waals surface area contributed by atoms with Gasteiger partial charge >= 0.3 is 11.9 Å². The molecule has 2 N–H and O–H groups in total. The number of ether oxygens (including phenoxy) is 2. The smallest absolute Gasteiger partial charge is 0.334 e. The number of Topliss-reactive ketones (excluding diaryl/α,β-unsaturated/α-hetero) is 1. The van der Waals surface area contributed by atoms with E-state index < -0.39 is 42.5 Å². The second-order valence-electron chi connectivity index (χ2n) is 6.77. The molecule has 7 heteroatoms. The van der Waals surface area contributed by atoms with Gasteiger partial charge in [0, 0.05) is 22.6 Å². The molecular formula is C20H28O7. The second kappa shape index (κ2) is 10.2. The normalized spacial score (nSPS) is 23.9. The number of ketones is 1. The molecule has 0 saturated carbocycles. The van der Waals surface area contributed by atoms with Gasteiger partial charge in [0.25, 0.3) is 0 Å². The van der Waals surface area contributed by atoms with Gasteiger partial charge in [0.1, 0.15) is 6.10 Å². The number of hydrogen-bond donors (Lipinski definition) is 2. The topological polar surface area (TPSA) is 110 Å². The Morgan fingerprint density at radius 3 is 2.22 bits per heavy atom. The van der Waals surface area contributed by atoms with Crippen LogP contribution in [0.4, 0.5) is 0 Å². The maximum absolute atomic E-state index is 12.7. The van der Waals surface area contributed by atoms with Crippen molar-refractivity contribution in [2.24, 2.45) is 11.8 Å². The number of rotatable bonds is 7. The summed E-state index contributed by atoms with van der Waals surface area (Å²) < 4.78 is 10.9. The molecule has 0 amide bonds. The third-order valence-corrected chi connectivity index (χ3v) is 4.56. The lowest BCUT2D eigenvalue weighted by molar-refractivity contribution is -0.163. The fourth-order valence-corrected chi connectivity index (χ4v) is 2.79. The molecule has 3 atom stereocenters. The van der Waals surface area contributed by atoms with Crippen LogP contribution >= 0.6 is 0 Å². The first-order valence-corrected chi connectivity index (χ1v) is 8.86. The lowest BCUT2D eigenvalue weighted by Gasteiger charge is -2.37. The van der Waals surface area contributed by atoms with Gasteiger partial charge < -0.3 is 19.7 Å². The highest BCUT2D eigenvalue weighted by molar-refractivity contribution is 6.02. The molecule has 27 heavy (non-hydrogen) atoms. The maximum Gasteiger partial charge on any atom is 0.334 e. The van der Waals surface area contributed by atoms with Crippen molar-refractivity contribution in [1.82, 2.24) is 0 Å². The van der Waals surface area contributed by atoms with Crippen LogP contribution in [-0.2, 0) is 23.9 Å². The Morgan fingerprint density at radius 2 is 1.74 bits per heavy atom. The van der Waals surface area contributed by atoms with Crippen molar-refractivity contribution in [3.63, 3.8) is 0 Å². The van der Waals surface area contributed by atoms with E-state index in [2.05, 4.69) is 0 Å². The van der Waals surface area contributed by atoms with Crippen LogP contribution < -0.4 is 0 Å². The molecule has 0 spiro atoms. The summed E-state index contributed by atoms with van der Waals surface area (Å²) in [7, 11) is 0. The van der Waals surface area contributed by atoms with Crippen molar-refractivity contribution < 1.29 is 34.1 Å². The molecule has 0 saturated heterocycles. The van der Waals surface area contributed by atoms with Crippen LogP contribution in [0.3, 0.4) is 0 Å². The maximum atomic E-state index is 12.7. The van der Waals surface area contributed by atoms with E-state index in [1.54, 1.807) is 19.9 Å². The molecule has 0 aromatic rings. The first kappa shape index (κ1) is 22.8. The zero-order valence-corrected chi connectivity index (χ0v) is 16.4. The van der Waals surface area contributed by atoms with Crippen molar-refractivity contribution in [3.05, 3.63) is 34.9 Å². The summed E-state index contributed by atoms with van der Waals surface area (Å²) in [6.45, 7) is 7.55. The molecule has 0 aromatic heterocycles. The van der Waals surface area contributed by atoms with Crippen molar-refractivity contribution >= 4 is 17.7 Å². The molecule has 0 aromatic carbocycles. The Hall–Kier alpha value is -2.25. The first-order valence-electron chi connectivity index (χ1n) is 8.86. The summed E-state index contributed by atoms with van der Waals surface area (Å²) in [6.07, 6.45) is 2.28. The highest BCUT2D eigenvalue weighted by atomic mass is 16.6. The quantitative estimate of drug-likeness (QED) is 0.508. The van der Waals surface area contributed by atoms with Gasteiger partial charge in [-0.3, -0.25) is 4.79 Å². The summed E-state index contributed by atoms with van der Waals surface area (Å²) in [5, 5.41) is 18.4. The van der Waals surface area contributed by atoms with E-state index >= 15 is 0 Å². The monoisotopic (exact) mass is 380 g/mol. The van der Waals surface area contributed by atoms with Crippen molar-refractivity contribution in [3.8, 4) is 0 Å². The Morgan fingerprint density at radius 1 is 1.15 bits per heavy atom. The van der Waals surface area contributed by atoms with Crippen molar-refractivity contribution in [1.29, 1.82) is 0 Å². The number of carbonyl (C=O) groups excluding carboxylic acids is 3. The molecule has 0 aliphatic heterocycles. The van der Waals surface area contributed by atoms with Gasteiger partial charge in [0.15, 0.2) is 6.10 Å². The van der Waals surface area contributed by atoms with Gasteiger partial charge in [0.2, 0.25) is 5.78 Å². The summed E-state index contributed by atoms with van der Waals surface area (Å²) in [4.78, 5) is 37.1. The number of allylic oxidation sites excluding steroid dienone is 1. The fraction of sp³-hybridized carbons (Fsp3) is 0.550. The third-order valence-electron chi connectivity index (χ3n) is 4.56. The van der Waals surface area contributed by atoms with E-state index in [-0.39, 0.29) is 23.7 Å².